The number of hydrogen-bond acceptors (Lipinski definition) is 7. The molecule has 3 aromatic rings. The second-order valence-corrected chi connectivity index (χ2v) is 12.0. The Balaban J connectivity index is 0.00000300. The summed E-state index contributed by atoms with van der Waals surface area (Å²) in [5, 5.41) is 3.47. The van der Waals surface area contributed by atoms with Crippen LogP contribution in [0.2, 0.25) is 0 Å². The van der Waals surface area contributed by atoms with Crippen molar-refractivity contribution in [2.45, 2.75) is 53.0 Å². The number of halogens is 2. The minimum absolute atomic E-state index is 0. The zero-order valence-corrected chi connectivity index (χ0v) is 29.3. The molecule has 1 N–H and O–H groups in total. The number of amides is 3. The van der Waals surface area contributed by atoms with Crippen molar-refractivity contribution in [1.82, 2.24) is 10.3 Å². The first kappa shape index (κ1) is 37.6. The van der Waals surface area contributed by atoms with Gasteiger partial charge in [-0.05, 0) is 93.7 Å². The van der Waals surface area contributed by atoms with Crippen LogP contribution >= 0.6 is 24.8 Å². The van der Waals surface area contributed by atoms with Crippen LogP contribution in [0.3, 0.4) is 0 Å². The number of benzene rings is 2. The highest BCUT2D eigenvalue weighted by atomic mass is 35.5. The fourth-order valence-electron chi connectivity index (χ4n) is 6.00. The van der Waals surface area contributed by atoms with Crippen LogP contribution in [0, 0.1) is 5.41 Å². The molecule has 0 saturated heterocycles. The SMILES string of the molecule is CCN1C(=O)C(C)(C)C(=O)N(C)c2cc(OCCCNCc3ccnc(CCN4C(=O)CCc5cc(OC)ccc54)c3)ccc21.Cl.Cl. The van der Waals surface area contributed by atoms with Gasteiger partial charge >= 0.3 is 0 Å². The minimum atomic E-state index is -1.14. The molecular weight excluding hydrogens is 641 g/mol. The molecule has 0 radical (unpaired) electrons. The summed E-state index contributed by atoms with van der Waals surface area (Å²) in [7, 11) is 3.36. The summed E-state index contributed by atoms with van der Waals surface area (Å²) < 4.78 is 11.4. The van der Waals surface area contributed by atoms with E-state index in [1.54, 1.807) is 37.8 Å². The molecule has 0 unspecified atom stereocenters. The predicted octanol–water partition coefficient (Wildman–Crippen LogP) is 5.37. The number of pyridine rings is 1. The van der Waals surface area contributed by atoms with Crippen LogP contribution < -0.4 is 29.5 Å². The number of aryl methyl sites for hydroxylation is 1. The standard InChI is InChI=1S/C35H43N5O5.2ClH/c1-6-39-30-12-10-28(22-31(30)38(4)33(42)35(2,3)34(39)43)45-19-7-16-36-23-24-14-17-37-26(20-24)15-18-40-29-11-9-27(44-5)21-25(29)8-13-32(40)41;;/h9-12,14,17,20-22,36H,6-8,13,15-16,18-19,23H2,1-5H3;2*1H. The molecule has 0 atom stereocenters. The van der Waals surface area contributed by atoms with Gasteiger partial charge in [-0.15, -0.1) is 24.8 Å². The first-order chi connectivity index (χ1) is 21.6. The van der Waals surface area contributed by atoms with E-state index in [2.05, 4.69) is 16.4 Å². The van der Waals surface area contributed by atoms with Crippen molar-refractivity contribution in [3.63, 3.8) is 0 Å². The lowest BCUT2D eigenvalue weighted by Crippen LogP contribution is -2.47. The Morgan fingerprint density at radius 1 is 0.894 bits per heavy atom. The third-order valence-electron chi connectivity index (χ3n) is 8.59. The van der Waals surface area contributed by atoms with Gasteiger partial charge in [0.15, 0.2) is 0 Å². The zero-order chi connectivity index (χ0) is 32.1. The fourth-order valence-corrected chi connectivity index (χ4v) is 6.00. The molecule has 0 aliphatic carbocycles. The smallest absolute Gasteiger partial charge is 0.242 e. The Morgan fingerprint density at radius 2 is 1.64 bits per heavy atom. The number of carbonyl (C=O) groups excluding carboxylic acids is 3. The van der Waals surface area contributed by atoms with Gasteiger partial charge in [-0.3, -0.25) is 19.4 Å². The number of aromatic nitrogens is 1. The maximum atomic E-state index is 13.1. The van der Waals surface area contributed by atoms with Crippen molar-refractivity contribution in [3.05, 3.63) is 71.5 Å². The van der Waals surface area contributed by atoms with Gasteiger partial charge in [-0.1, -0.05) is 0 Å². The second kappa shape index (κ2) is 16.3. The van der Waals surface area contributed by atoms with E-state index < -0.39 is 5.41 Å². The lowest BCUT2D eigenvalue weighted by atomic mass is 9.90. The summed E-state index contributed by atoms with van der Waals surface area (Å²) in [4.78, 5) is 48.5. The Kier molecular flexibility index (Phi) is 13.0. The van der Waals surface area contributed by atoms with Gasteiger partial charge in [-0.2, -0.15) is 0 Å². The van der Waals surface area contributed by atoms with E-state index in [1.165, 1.54) is 0 Å². The molecule has 0 spiro atoms. The molecule has 2 aromatic carbocycles. The zero-order valence-electron chi connectivity index (χ0n) is 27.7. The molecule has 0 saturated carbocycles. The number of fused-ring (bicyclic) bond motifs is 2. The minimum Gasteiger partial charge on any atom is -0.497 e. The highest BCUT2D eigenvalue weighted by molar-refractivity contribution is 6.20. The van der Waals surface area contributed by atoms with Gasteiger partial charge in [0.2, 0.25) is 17.7 Å². The van der Waals surface area contributed by atoms with E-state index in [0.717, 1.165) is 47.6 Å². The van der Waals surface area contributed by atoms with Crippen molar-refractivity contribution >= 4 is 59.6 Å². The molecule has 1 aromatic heterocycles. The maximum absolute atomic E-state index is 13.1. The molecule has 3 amide bonds. The topological polar surface area (TPSA) is 104 Å². The van der Waals surface area contributed by atoms with Crippen molar-refractivity contribution in [2.75, 3.05) is 55.1 Å². The Hall–Kier alpha value is -3.86. The summed E-state index contributed by atoms with van der Waals surface area (Å²) >= 11 is 0. The summed E-state index contributed by atoms with van der Waals surface area (Å²) in [6, 6.07) is 15.5. The summed E-state index contributed by atoms with van der Waals surface area (Å²) in [5.41, 5.74) is 4.41. The number of hydrogen-bond donors (Lipinski definition) is 1. The molecule has 12 heteroatoms. The number of nitrogens with one attached hydrogen (secondary N) is 1. The Morgan fingerprint density at radius 3 is 2.38 bits per heavy atom. The molecule has 3 heterocycles. The van der Waals surface area contributed by atoms with Gasteiger partial charge in [0, 0.05) is 63.2 Å². The normalized spacial score (nSPS) is 15.3. The van der Waals surface area contributed by atoms with Gasteiger partial charge in [-0.25, -0.2) is 0 Å². The molecule has 254 valence electrons. The van der Waals surface area contributed by atoms with E-state index >= 15 is 0 Å². The highest BCUT2D eigenvalue weighted by Crippen LogP contribution is 2.40. The van der Waals surface area contributed by atoms with Crippen LogP contribution in [0.25, 0.3) is 0 Å². The first-order valence-corrected chi connectivity index (χ1v) is 15.6. The quantitative estimate of drug-likeness (QED) is 0.202. The Labute approximate surface area is 289 Å². The summed E-state index contributed by atoms with van der Waals surface area (Å²) in [6.07, 6.45) is 4.51. The van der Waals surface area contributed by atoms with E-state index in [9.17, 15) is 14.4 Å². The fraction of sp³-hybridized carbons (Fsp3) is 0.429. The Bertz CT molecular complexity index is 1580. The molecule has 10 nitrogen and oxygen atoms in total. The van der Waals surface area contributed by atoms with Gasteiger partial charge in [0.05, 0.1) is 25.1 Å². The lowest BCUT2D eigenvalue weighted by Gasteiger charge is -2.29. The summed E-state index contributed by atoms with van der Waals surface area (Å²) in [5.74, 6) is 1.16. The average Bonchev–Trinajstić information content (AvgIpc) is 3.10. The number of nitrogens with zero attached hydrogens (tertiary/aromatic N) is 4. The van der Waals surface area contributed by atoms with Crippen LogP contribution in [0.1, 0.15) is 50.4 Å². The maximum Gasteiger partial charge on any atom is 0.242 e. The highest BCUT2D eigenvalue weighted by Gasteiger charge is 2.45. The molecule has 2 aliphatic rings. The molecule has 0 bridgehead atoms. The number of rotatable bonds is 12. The number of carbonyl (C=O) groups is 3. The van der Waals surface area contributed by atoms with E-state index in [1.807, 2.05) is 60.5 Å². The molecular formula is C35H45Cl2N5O5. The van der Waals surface area contributed by atoms with E-state index in [0.29, 0.717) is 56.2 Å². The second-order valence-electron chi connectivity index (χ2n) is 12.0. The molecule has 5 rings (SSSR count). The van der Waals surface area contributed by atoms with Gasteiger partial charge in [0.25, 0.3) is 0 Å². The van der Waals surface area contributed by atoms with Gasteiger partial charge < -0.3 is 29.5 Å². The van der Waals surface area contributed by atoms with Crippen LogP contribution in [0.15, 0.2) is 54.7 Å². The monoisotopic (exact) mass is 685 g/mol. The first-order valence-electron chi connectivity index (χ1n) is 15.6. The van der Waals surface area contributed by atoms with Crippen LogP contribution in [-0.4, -0.2) is 63.1 Å². The van der Waals surface area contributed by atoms with Crippen molar-refractivity contribution in [3.8, 4) is 11.5 Å². The number of anilines is 3. The third-order valence-corrected chi connectivity index (χ3v) is 8.59. The predicted molar refractivity (Wildman–Crippen MR) is 190 cm³/mol. The van der Waals surface area contributed by atoms with Crippen LogP contribution in [0.4, 0.5) is 17.1 Å². The molecule has 47 heavy (non-hydrogen) atoms. The lowest BCUT2D eigenvalue weighted by molar-refractivity contribution is -0.137. The largest absolute Gasteiger partial charge is 0.497 e. The average molecular weight is 687 g/mol. The van der Waals surface area contributed by atoms with Crippen molar-refractivity contribution < 1.29 is 23.9 Å². The van der Waals surface area contributed by atoms with Gasteiger partial charge in [0.1, 0.15) is 16.9 Å². The van der Waals surface area contributed by atoms with Crippen molar-refractivity contribution in [2.24, 2.45) is 5.41 Å². The van der Waals surface area contributed by atoms with E-state index in [-0.39, 0.29) is 42.5 Å². The number of methoxy groups -OCH3 is 1. The summed E-state index contributed by atoms with van der Waals surface area (Å²) in [6.45, 7) is 8.28. The van der Waals surface area contributed by atoms with Crippen molar-refractivity contribution in [1.29, 1.82) is 0 Å². The molecule has 0 fully saturated rings. The van der Waals surface area contributed by atoms with Crippen LogP contribution in [0.5, 0.6) is 11.5 Å². The third kappa shape index (κ3) is 8.17. The van der Waals surface area contributed by atoms with Crippen LogP contribution in [-0.2, 0) is 33.8 Å². The molecule has 2 aliphatic heterocycles. The number of ether oxygens (including phenoxy) is 2. The van der Waals surface area contributed by atoms with E-state index in [4.69, 9.17) is 9.47 Å².